The average Bonchev–Trinajstić information content (AvgIpc) is 3.47. The van der Waals surface area contributed by atoms with E-state index in [0.29, 0.717) is 34.9 Å². The number of rotatable bonds is 10. The van der Waals surface area contributed by atoms with Crippen LogP contribution in [0.25, 0.3) is 22.9 Å². The molecule has 0 spiro atoms. The van der Waals surface area contributed by atoms with Crippen molar-refractivity contribution in [3.05, 3.63) is 66.2 Å². The number of carbonyl (C=O) groups is 1. The van der Waals surface area contributed by atoms with Crippen molar-refractivity contribution in [1.82, 2.24) is 15.2 Å². The molecule has 0 aliphatic carbocycles. The van der Waals surface area contributed by atoms with Crippen molar-refractivity contribution in [3.8, 4) is 28.7 Å². The third-order valence-electron chi connectivity index (χ3n) is 4.30. The summed E-state index contributed by atoms with van der Waals surface area (Å²) < 4.78 is 11.9. The third kappa shape index (κ3) is 5.48. The number of hydrogen-bond donors (Lipinski definition) is 3. The minimum atomic E-state index is -0.928. The Morgan fingerprint density at radius 2 is 2.00 bits per heavy atom. The Morgan fingerprint density at radius 3 is 2.84 bits per heavy atom. The first-order valence-electron chi connectivity index (χ1n) is 9.59. The molecule has 0 radical (unpaired) electrons. The number of aromatic nitrogens is 3. The number of hydrogen-bond acceptors (Lipinski definition) is 8. The summed E-state index contributed by atoms with van der Waals surface area (Å²) in [7, 11) is 1.56. The molecule has 2 heterocycles. The van der Waals surface area contributed by atoms with Crippen molar-refractivity contribution in [1.29, 1.82) is 0 Å². The van der Waals surface area contributed by atoms with E-state index in [-0.39, 0.29) is 5.75 Å². The van der Waals surface area contributed by atoms with E-state index in [9.17, 15) is 4.79 Å². The number of aliphatic carboxylic acids is 1. The van der Waals surface area contributed by atoms with Crippen molar-refractivity contribution in [3.63, 3.8) is 0 Å². The summed E-state index contributed by atoms with van der Waals surface area (Å²) in [5.74, 6) is 1.25. The smallest absolute Gasteiger partial charge is 0.313 e. The van der Waals surface area contributed by atoms with Gasteiger partial charge < -0.3 is 14.3 Å². The predicted octanol–water partition coefficient (Wildman–Crippen LogP) is 4.46. The molecule has 2 aromatic heterocycles. The van der Waals surface area contributed by atoms with Crippen molar-refractivity contribution < 1.29 is 23.9 Å². The molecule has 0 saturated carbocycles. The summed E-state index contributed by atoms with van der Waals surface area (Å²) in [5.41, 5.74) is 5.50. The number of carboxylic acids is 1. The molecular weight excluding hydrogens is 432 g/mol. The second-order valence-corrected chi connectivity index (χ2v) is 7.58. The number of thioether (sulfide) groups is 1. The number of benzene rings is 2. The molecule has 32 heavy (non-hydrogen) atoms. The molecule has 2 aromatic carbocycles. The van der Waals surface area contributed by atoms with Crippen LogP contribution in [0.4, 0.5) is 5.69 Å². The standard InChI is InChI=1S/C22H20N4O5S/c1-29-26-16-6-2-4-14(10-16)12-30-17-7-3-5-15(11-17)18-8-9-19(31-18)21-23-22(25-24-21)32-13-20(27)28/h2-11,26H,12-13H2,1H3,(H,27,28)(H,23,24,25). The Bertz CT molecular complexity index is 1210. The van der Waals surface area contributed by atoms with Gasteiger partial charge >= 0.3 is 5.97 Å². The van der Waals surface area contributed by atoms with E-state index >= 15 is 0 Å². The first kappa shape index (κ1) is 21.5. The lowest BCUT2D eigenvalue weighted by molar-refractivity contribution is -0.133. The molecule has 0 saturated heterocycles. The van der Waals surface area contributed by atoms with Crippen LogP contribution in [0.5, 0.6) is 5.75 Å². The molecule has 10 heteroatoms. The zero-order valence-corrected chi connectivity index (χ0v) is 17.9. The Kier molecular flexibility index (Phi) is 6.73. The maximum absolute atomic E-state index is 10.7. The summed E-state index contributed by atoms with van der Waals surface area (Å²) in [4.78, 5) is 19.9. The maximum Gasteiger partial charge on any atom is 0.313 e. The van der Waals surface area contributed by atoms with Gasteiger partial charge in [0.25, 0.3) is 0 Å². The number of nitrogens with zero attached hydrogens (tertiary/aromatic N) is 2. The molecule has 0 amide bonds. The molecule has 3 N–H and O–H groups in total. The van der Waals surface area contributed by atoms with Crippen LogP contribution in [0, 0.1) is 0 Å². The molecular formula is C22H20N4O5S. The molecule has 0 fully saturated rings. The molecule has 0 aliphatic rings. The third-order valence-corrected chi connectivity index (χ3v) is 5.13. The van der Waals surface area contributed by atoms with Crippen LogP contribution in [0.2, 0.25) is 0 Å². The van der Waals surface area contributed by atoms with E-state index in [1.165, 1.54) is 0 Å². The van der Waals surface area contributed by atoms with Gasteiger partial charge in [-0.25, -0.2) is 0 Å². The second kappa shape index (κ2) is 10.0. The Labute approximate surface area is 187 Å². The normalized spacial score (nSPS) is 10.8. The predicted molar refractivity (Wildman–Crippen MR) is 119 cm³/mol. The number of H-pyrrole nitrogens is 1. The molecule has 9 nitrogen and oxygen atoms in total. The van der Waals surface area contributed by atoms with Crippen molar-refractivity contribution in [2.45, 2.75) is 11.8 Å². The molecule has 0 aliphatic heterocycles. The highest BCUT2D eigenvalue weighted by atomic mass is 32.2. The van der Waals surface area contributed by atoms with Gasteiger partial charge in [0.05, 0.1) is 18.6 Å². The number of nitrogens with one attached hydrogen (secondary N) is 2. The Balaban J connectivity index is 1.43. The van der Waals surface area contributed by atoms with Crippen molar-refractivity contribution in [2.75, 3.05) is 18.3 Å². The summed E-state index contributed by atoms with van der Waals surface area (Å²) in [6, 6.07) is 19.0. The number of carboxylic acid groups (broad SMARTS) is 1. The van der Waals surface area contributed by atoms with Crippen LogP contribution in [0.3, 0.4) is 0 Å². The second-order valence-electron chi connectivity index (χ2n) is 6.64. The molecule has 0 bridgehead atoms. The van der Waals surface area contributed by atoms with Gasteiger partial charge in [0, 0.05) is 5.56 Å². The van der Waals surface area contributed by atoms with Crippen molar-refractivity contribution >= 4 is 23.4 Å². The average molecular weight is 452 g/mol. The number of aromatic amines is 1. The van der Waals surface area contributed by atoms with Crippen LogP contribution in [-0.2, 0) is 16.2 Å². The summed E-state index contributed by atoms with van der Waals surface area (Å²) in [6.07, 6.45) is 0. The quantitative estimate of drug-likeness (QED) is 0.236. The topological polar surface area (TPSA) is 122 Å². The van der Waals surface area contributed by atoms with Gasteiger partial charge in [0.1, 0.15) is 18.1 Å². The minimum absolute atomic E-state index is 0.110. The van der Waals surface area contributed by atoms with Crippen LogP contribution in [0.15, 0.2) is 70.2 Å². The van der Waals surface area contributed by atoms with Gasteiger partial charge in [0.15, 0.2) is 11.6 Å². The highest BCUT2D eigenvalue weighted by molar-refractivity contribution is 7.99. The maximum atomic E-state index is 10.7. The van der Waals surface area contributed by atoms with Gasteiger partial charge in [-0.3, -0.25) is 20.2 Å². The molecule has 0 unspecified atom stereocenters. The van der Waals surface area contributed by atoms with Crippen LogP contribution in [-0.4, -0.2) is 39.1 Å². The van der Waals surface area contributed by atoms with Crippen LogP contribution >= 0.6 is 11.8 Å². The summed E-state index contributed by atoms with van der Waals surface area (Å²) >= 11 is 1.03. The zero-order chi connectivity index (χ0) is 22.3. The highest BCUT2D eigenvalue weighted by Crippen LogP contribution is 2.30. The molecule has 0 atom stereocenters. The first-order valence-corrected chi connectivity index (χ1v) is 10.6. The van der Waals surface area contributed by atoms with Gasteiger partial charge in [-0.2, -0.15) is 4.98 Å². The monoisotopic (exact) mass is 452 g/mol. The summed E-state index contributed by atoms with van der Waals surface area (Å²) in [6.45, 7) is 0.404. The number of ether oxygens (including phenoxy) is 1. The molecule has 4 rings (SSSR count). The number of anilines is 1. The van der Waals surface area contributed by atoms with E-state index in [0.717, 1.165) is 28.6 Å². The Morgan fingerprint density at radius 1 is 1.16 bits per heavy atom. The lowest BCUT2D eigenvalue weighted by atomic mass is 10.1. The van der Waals surface area contributed by atoms with Gasteiger partial charge in [-0.15, -0.1) is 5.10 Å². The molecule has 4 aromatic rings. The number of furan rings is 1. The van der Waals surface area contributed by atoms with Crippen molar-refractivity contribution in [2.24, 2.45) is 0 Å². The fraction of sp³-hybridized carbons (Fsp3) is 0.136. The minimum Gasteiger partial charge on any atom is -0.489 e. The zero-order valence-electron chi connectivity index (χ0n) is 17.1. The lowest BCUT2D eigenvalue weighted by Crippen LogP contribution is -1.99. The largest absolute Gasteiger partial charge is 0.489 e. The van der Waals surface area contributed by atoms with E-state index < -0.39 is 5.97 Å². The fourth-order valence-corrected chi connectivity index (χ4v) is 3.43. The SMILES string of the molecule is CONc1cccc(COc2cccc(-c3ccc(-c4nc(SCC(=O)O)n[nH]4)o3)c2)c1. The fourth-order valence-electron chi connectivity index (χ4n) is 2.92. The lowest BCUT2D eigenvalue weighted by Gasteiger charge is -2.09. The van der Waals surface area contributed by atoms with Gasteiger partial charge in [0.2, 0.25) is 5.16 Å². The van der Waals surface area contributed by atoms with Gasteiger partial charge in [-0.1, -0.05) is 36.0 Å². The van der Waals surface area contributed by atoms with E-state index in [1.54, 1.807) is 13.2 Å². The van der Waals surface area contributed by atoms with Crippen LogP contribution < -0.4 is 10.2 Å². The highest BCUT2D eigenvalue weighted by Gasteiger charge is 2.13. The van der Waals surface area contributed by atoms with Gasteiger partial charge in [-0.05, 0) is 42.0 Å². The van der Waals surface area contributed by atoms with E-state index in [4.69, 9.17) is 19.1 Å². The van der Waals surface area contributed by atoms with E-state index in [2.05, 4.69) is 20.7 Å². The molecule has 164 valence electrons. The Hall–Kier alpha value is -3.76. The van der Waals surface area contributed by atoms with Crippen LogP contribution in [0.1, 0.15) is 5.56 Å². The first-order chi connectivity index (χ1) is 15.6. The van der Waals surface area contributed by atoms with E-state index in [1.807, 2.05) is 54.6 Å². The summed E-state index contributed by atoms with van der Waals surface area (Å²) in [5, 5.41) is 15.9.